The Bertz CT molecular complexity index is 934. The maximum Gasteiger partial charge on any atom is 0.223 e. The highest BCUT2D eigenvalue weighted by molar-refractivity contribution is 7.18. The lowest BCUT2D eigenvalue weighted by atomic mass is 10.1. The van der Waals surface area contributed by atoms with Gasteiger partial charge in [0.15, 0.2) is 5.13 Å². The molecule has 3 rings (SSSR count). The molecule has 1 aromatic carbocycles. The van der Waals surface area contributed by atoms with E-state index in [2.05, 4.69) is 25.6 Å². The monoisotopic (exact) mass is 407 g/mol. The highest BCUT2D eigenvalue weighted by atomic mass is 35.5. The van der Waals surface area contributed by atoms with Crippen molar-refractivity contribution >= 4 is 34.0 Å². The van der Waals surface area contributed by atoms with Crippen molar-refractivity contribution in [1.29, 1.82) is 0 Å². The average molecular weight is 408 g/mol. The Morgan fingerprint density at radius 3 is 2.70 bits per heavy atom. The Balaban J connectivity index is 2.03. The van der Waals surface area contributed by atoms with Crippen LogP contribution < -0.4 is 10.6 Å². The third kappa shape index (κ3) is 4.91. The van der Waals surface area contributed by atoms with E-state index in [0.717, 1.165) is 10.0 Å². The Hall–Kier alpha value is -2.29. The van der Waals surface area contributed by atoms with Gasteiger partial charge in [0.2, 0.25) is 5.95 Å². The molecular weight excluding hydrogens is 389 g/mol. The van der Waals surface area contributed by atoms with Gasteiger partial charge < -0.3 is 15.7 Å². The van der Waals surface area contributed by atoms with Crippen LogP contribution in [0, 0.1) is 5.82 Å². The van der Waals surface area contributed by atoms with Crippen LogP contribution in [0.15, 0.2) is 30.5 Å². The number of rotatable bonds is 7. The number of hydrogen-bond acceptors (Lipinski definition) is 7. The third-order valence-corrected chi connectivity index (χ3v) is 4.76. The number of thiazole rings is 1. The second-order valence-corrected chi connectivity index (χ2v) is 7.50. The molecule has 3 N–H and O–H groups in total. The number of aliphatic hydroxyl groups is 1. The van der Waals surface area contributed by atoms with Crippen molar-refractivity contribution in [3.05, 3.63) is 41.3 Å². The van der Waals surface area contributed by atoms with Crippen LogP contribution >= 0.6 is 22.9 Å². The molecule has 142 valence electrons. The molecule has 9 heteroatoms. The van der Waals surface area contributed by atoms with E-state index in [0.29, 0.717) is 29.4 Å². The highest BCUT2D eigenvalue weighted by Crippen LogP contribution is 2.33. The largest absolute Gasteiger partial charge is 0.395 e. The smallest absolute Gasteiger partial charge is 0.223 e. The zero-order chi connectivity index (χ0) is 19.4. The summed E-state index contributed by atoms with van der Waals surface area (Å²) in [6.45, 7) is 4.33. The van der Waals surface area contributed by atoms with Gasteiger partial charge in [-0.25, -0.2) is 19.3 Å². The molecule has 3 aromatic rings. The number of nitrogens with zero attached hydrogens (tertiary/aromatic N) is 3. The Kier molecular flexibility index (Phi) is 6.20. The van der Waals surface area contributed by atoms with E-state index < -0.39 is 5.82 Å². The molecule has 0 fully saturated rings. The molecule has 0 aliphatic heterocycles. The van der Waals surface area contributed by atoms with Crippen molar-refractivity contribution in [2.24, 2.45) is 0 Å². The van der Waals surface area contributed by atoms with Crippen LogP contribution in [0.3, 0.4) is 0 Å². The van der Waals surface area contributed by atoms with E-state index >= 15 is 0 Å². The number of aromatic nitrogens is 3. The minimum atomic E-state index is -0.413. The lowest BCUT2D eigenvalue weighted by molar-refractivity contribution is 0.311. The first-order chi connectivity index (χ1) is 13.0. The number of halogens is 2. The first-order valence-electron chi connectivity index (χ1n) is 8.38. The van der Waals surface area contributed by atoms with E-state index in [4.69, 9.17) is 16.7 Å². The minimum Gasteiger partial charge on any atom is -0.395 e. The second-order valence-electron chi connectivity index (χ2n) is 6.07. The summed E-state index contributed by atoms with van der Waals surface area (Å²) in [5.74, 6) is -0.0628. The summed E-state index contributed by atoms with van der Waals surface area (Å²) in [5, 5.41) is 16.3. The Morgan fingerprint density at radius 1 is 1.22 bits per heavy atom. The highest BCUT2D eigenvalue weighted by Gasteiger charge is 2.14. The lowest BCUT2D eigenvalue weighted by Gasteiger charge is -2.10. The fourth-order valence-electron chi connectivity index (χ4n) is 2.36. The van der Waals surface area contributed by atoms with Crippen molar-refractivity contribution in [3.63, 3.8) is 0 Å². The SMILES string of the molecule is CC(C)Nc1ncc(-c2cc(-c3ccc(F)cc3Cl)nc(NCCO)n2)s1. The van der Waals surface area contributed by atoms with E-state index in [1.54, 1.807) is 18.3 Å². The number of hydrogen-bond donors (Lipinski definition) is 3. The van der Waals surface area contributed by atoms with Crippen molar-refractivity contribution < 1.29 is 9.50 Å². The molecule has 0 unspecified atom stereocenters. The van der Waals surface area contributed by atoms with Crippen molar-refractivity contribution in [3.8, 4) is 21.8 Å². The van der Waals surface area contributed by atoms with Crippen molar-refractivity contribution in [2.45, 2.75) is 19.9 Å². The first-order valence-corrected chi connectivity index (χ1v) is 9.57. The molecule has 0 atom stereocenters. The number of anilines is 2. The molecule has 2 heterocycles. The van der Waals surface area contributed by atoms with Gasteiger partial charge in [0, 0.05) is 24.3 Å². The van der Waals surface area contributed by atoms with Crippen LogP contribution in [-0.4, -0.2) is 39.3 Å². The predicted molar refractivity (Wildman–Crippen MR) is 108 cm³/mol. The summed E-state index contributed by atoms with van der Waals surface area (Å²) in [4.78, 5) is 14.2. The molecule has 0 bridgehead atoms. The van der Waals surface area contributed by atoms with Gasteiger partial charge in [-0.2, -0.15) is 0 Å². The molecule has 0 saturated carbocycles. The maximum atomic E-state index is 13.4. The molecule has 0 aliphatic rings. The first kappa shape index (κ1) is 19.5. The fourth-order valence-corrected chi connectivity index (χ4v) is 3.55. The van der Waals surface area contributed by atoms with Gasteiger partial charge in [-0.3, -0.25) is 0 Å². The van der Waals surface area contributed by atoms with Crippen LogP contribution in [0.2, 0.25) is 5.02 Å². The van der Waals surface area contributed by atoms with Gasteiger partial charge in [0.25, 0.3) is 0 Å². The standard InChI is InChI=1S/C18H19ClFN5OS/c1-10(2)23-18-22-9-16(27-18)15-8-14(24-17(25-15)21-5-6-26)12-4-3-11(20)7-13(12)19/h3-4,7-10,26H,5-6H2,1-2H3,(H,22,23)(H,21,24,25). The summed E-state index contributed by atoms with van der Waals surface area (Å²) in [6, 6.07) is 6.22. The van der Waals surface area contributed by atoms with E-state index in [1.165, 1.54) is 23.5 Å². The Morgan fingerprint density at radius 2 is 2.00 bits per heavy atom. The number of benzene rings is 1. The average Bonchev–Trinajstić information content (AvgIpc) is 3.07. The summed E-state index contributed by atoms with van der Waals surface area (Å²) in [5.41, 5.74) is 1.81. The van der Waals surface area contributed by atoms with Gasteiger partial charge in [0.05, 0.1) is 27.9 Å². The minimum absolute atomic E-state index is 0.0523. The predicted octanol–water partition coefficient (Wildman–Crippen LogP) is 4.28. The van der Waals surface area contributed by atoms with Gasteiger partial charge in [-0.15, -0.1) is 0 Å². The molecular formula is C18H19ClFN5OS. The zero-order valence-corrected chi connectivity index (χ0v) is 16.4. The summed E-state index contributed by atoms with van der Waals surface area (Å²) >= 11 is 7.67. The molecule has 0 spiro atoms. The van der Waals surface area contributed by atoms with Crippen LogP contribution in [0.4, 0.5) is 15.5 Å². The van der Waals surface area contributed by atoms with Crippen LogP contribution in [0.5, 0.6) is 0 Å². The molecule has 6 nitrogen and oxygen atoms in total. The molecule has 0 amide bonds. The molecule has 0 aliphatic carbocycles. The van der Waals surface area contributed by atoms with Gasteiger partial charge >= 0.3 is 0 Å². The lowest BCUT2D eigenvalue weighted by Crippen LogP contribution is -2.09. The molecule has 2 aromatic heterocycles. The van der Waals surface area contributed by atoms with Gasteiger partial charge in [0.1, 0.15) is 5.82 Å². The van der Waals surface area contributed by atoms with Gasteiger partial charge in [-0.05, 0) is 38.1 Å². The topological polar surface area (TPSA) is 83.0 Å². The van der Waals surface area contributed by atoms with Crippen molar-refractivity contribution in [1.82, 2.24) is 15.0 Å². The molecule has 0 saturated heterocycles. The van der Waals surface area contributed by atoms with Crippen LogP contribution in [-0.2, 0) is 0 Å². The van der Waals surface area contributed by atoms with E-state index in [1.807, 2.05) is 13.8 Å². The fraction of sp³-hybridized carbons (Fsp3) is 0.278. The Labute approximate surface area is 165 Å². The maximum absolute atomic E-state index is 13.4. The summed E-state index contributed by atoms with van der Waals surface area (Å²) in [7, 11) is 0. The zero-order valence-electron chi connectivity index (χ0n) is 14.8. The van der Waals surface area contributed by atoms with Gasteiger partial charge in [-0.1, -0.05) is 22.9 Å². The number of nitrogens with one attached hydrogen (secondary N) is 2. The normalized spacial score (nSPS) is 11.0. The molecule has 27 heavy (non-hydrogen) atoms. The van der Waals surface area contributed by atoms with E-state index in [9.17, 15) is 4.39 Å². The van der Waals surface area contributed by atoms with Crippen molar-refractivity contribution in [2.75, 3.05) is 23.8 Å². The molecule has 0 radical (unpaired) electrons. The van der Waals surface area contributed by atoms with E-state index in [-0.39, 0.29) is 17.7 Å². The van der Waals surface area contributed by atoms with Crippen LogP contribution in [0.25, 0.3) is 21.8 Å². The van der Waals surface area contributed by atoms with Crippen LogP contribution in [0.1, 0.15) is 13.8 Å². The summed E-state index contributed by atoms with van der Waals surface area (Å²) < 4.78 is 13.4. The number of aliphatic hydroxyl groups excluding tert-OH is 1. The second kappa shape index (κ2) is 8.60. The third-order valence-electron chi connectivity index (χ3n) is 3.50. The quantitative estimate of drug-likeness (QED) is 0.542. The summed E-state index contributed by atoms with van der Waals surface area (Å²) in [6.07, 6.45) is 1.74.